The Balaban J connectivity index is 2.20. The molecule has 1 saturated heterocycles. The van der Waals surface area contributed by atoms with Gasteiger partial charge in [-0.25, -0.2) is 9.59 Å². The zero-order valence-corrected chi connectivity index (χ0v) is 12.7. The summed E-state index contributed by atoms with van der Waals surface area (Å²) in [4.78, 5) is 23.7. The van der Waals surface area contributed by atoms with Gasteiger partial charge in [-0.3, -0.25) is 0 Å². The molecule has 0 radical (unpaired) electrons. The Morgan fingerprint density at radius 2 is 2.24 bits per heavy atom. The van der Waals surface area contributed by atoms with E-state index in [1.165, 1.54) is 0 Å². The zero-order chi connectivity index (χ0) is 15.4. The SMILES string of the molecule is C=C1C(=O)O[C@H]2C=C(C)CC/C=C(/C(=O)OCC)CC[C@H]12. The number of hydrogen-bond donors (Lipinski definition) is 0. The molecule has 2 rings (SSSR count). The van der Waals surface area contributed by atoms with Gasteiger partial charge >= 0.3 is 11.9 Å². The van der Waals surface area contributed by atoms with Gasteiger partial charge in [0.2, 0.25) is 0 Å². The molecule has 21 heavy (non-hydrogen) atoms. The molecule has 114 valence electrons. The monoisotopic (exact) mass is 290 g/mol. The van der Waals surface area contributed by atoms with E-state index in [2.05, 4.69) is 6.58 Å². The number of rotatable bonds is 2. The Kier molecular flexibility index (Phi) is 4.99. The van der Waals surface area contributed by atoms with E-state index in [-0.39, 0.29) is 24.0 Å². The summed E-state index contributed by atoms with van der Waals surface area (Å²) in [6.45, 7) is 8.03. The van der Waals surface area contributed by atoms with E-state index < -0.39 is 0 Å². The highest BCUT2D eigenvalue weighted by Crippen LogP contribution is 2.34. The van der Waals surface area contributed by atoms with Crippen molar-refractivity contribution in [2.45, 2.75) is 45.6 Å². The van der Waals surface area contributed by atoms with Crippen LogP contribution in [-0.2, 0) is 19.1 Å². The van der Waals surface area contributed by atoms with E-state index in [0.29, 0.717) is 30.6 Å². The molecule has 0 aromatic carbocycles. The Morgan fingerprint density at radius 1 is 1.48 bits per heavy atom. The van der Waals surface area contributed by atoms with Crippen LogP contribution in [0.2, 0.25) is 0 Å². The maximum Gasteiger partial charge on any atom is 0.334 e. The molecule has 0 aromatic heterocycles. The van der Waals surface area contributed by atoms with E-state index >= 15 is 0 Å². The molecular formula is C17H22O4. The van der Waals surface area contributed by atoms with Crippen LogP contribution in [0.15, 0.2) is 35.5 Å². The molecule has 0 bridgehead atoms. The summed E-state index contributed by atoms with van der Waals surface area (Å²) in [7, 11) is 0. The third kappa shape index (κ3) is 3.63. The molecule has 4 heteroatoms. The molecule has 4 nitrogen and oxygen atoms in total. The van der Waals surface area contributed by atoms with Crippen LogP contribution in [0.25, 0.3) is 0 Å². The van der Waals surface area contributed by atoms with E-state index in [4.69, 9.17) is 9.47 Å². The molecular weight excluding hydrogens is 268 g/mol. The van der Waals surface area contributed by atoms with Crippen LogP contribution >= 0.6 is 0 Å². The summed E-state index contributed by atoms with van der Waals surface area (Å²) in [5, 5.41) is 0. The average molecular weight is 290 g/mol. The number of ether oxygens (including phenoxy) is 2. The second-order valence-corrected chi connectivity index (χ2v) is 5.54. The van der Waals surface area contributed by atoms with Gasteiger partial charge in [0.1, 0.15) is 6.10 Å². The van der Waals surface area contributed by atoms with Crippen molar-refractivity contribution in [2.24, 2.45) is 5.92 Å². The van der Waals surface area contributed by atoms with Crippen LogP contribution in [0, 0.1) is 5.92 Å². The molecule has 1 aliphatic heterocycles. The third-order valence-corrected chi connectivity index (χ3v) is 3.99. The highest BCUT2D eigenvalue weighted by molar-refractivity contribution is 5.91. The molecule has 1 fully saturated rings. The summed E-state index contributed by atoms with van der Waals surface area (Å²) in [6, 6.07) is 0. The van der Waals surface area contributed by atoms with E-state index in [9.17, 15) is 9.59 Å². The van der Waals surface area contributed by atoms with Crippen molar-refractivity contribution >= 4 is 11.9 Å². The van der Waals surface area contributed by atoms with Gasteiger partial charge in [0.15, 0.2) is 0 Å². The Morgan fingerprint density at radius 3 is 2.95 bits per heavy atom. The fourth-order valence-electron chi connectivity index (χ4n) is 2.78. The number of allylic oxidation sites excluding steroid dienone is 2. The minimum absolute atomic E-state index is 0.0524. The van der Waals surface area contributed by atoms with Crippen LogP contribution in [0.3, 0.4) is 0 Å². The first-order valence-corrected chi connectivity index (χ1v) is 7.46. The maximum atomic E-state index is 12.0. The maximum absolute atomic E-state index is 12.0. The molecule has 0 unspecified atom stereocenters. The van der Waals surface area contributed by atoms with Crippen LogP contribution in [0.1, 0.15) is 39.5 Å². The van der Waals surface area contributed by atoms with Gasteiger partial charge in [-0.05, 0) is 45.6 Å². The predicted molar refractivity (Wildman–Crippen MR) is 79.5 cm³/mol. The summed E-state index contributed by atoms with van der Waals surface area (Å²) < 4.78 is 10.5. The molecule has 0 amide bonds. The molecule has 1 aliphatic carbocycles. The van der Waals surface area contributed by atoms with Gasteiger partial charge < -0.3 is 9.47 Å². The van der Waals surface area contributed by atoms with Crippen molar-refractivity contribution in [3.63, 3.8) is 0 Å². The van der Waals surface area contributed by atoms with Crippen molar-refractivity contribution in [2.75, 3.05) is 6.61 Å². The highest BCUT2D eigenvalue weighted by atomic mass is 16.6. The molecule has 0 aromatic rings. The van der Waals surface area contributed by atoms with Gasteiger partial charge in [-0.15, -0.1) is 0 Å². The van der Waals surface area contributed by atoms with Gasteiger partial charge in [-0.2, -0.15) is 0 Å². The zero-order valence-electron chi connectivity index (χ0n) is 12.7. The van der Waals surface area contributed by atoms with Crippen LogP contribution in [-0.4, -0.2) is 24.6 Å². The van der Waals surface area contributed by atoms with Crippen molar-refractivity contribution in [1.29, 1.82) is 0 Å². The summed E-state index contributed by atoms with van der Waals surface area (Å²) >= 11 is 0. The molecule has 0 N–H and O–H groups in total. The first kappa shape index (κ1) is 15.5. The lowest BCUT2D eigenvalue weighted by molar-refractivity contribution is -0.139. The largest absolute Gasteiger partial charge is 0.463 e. The van der Waals surface area contributed by atoms with Crippen molar-refractivity contribution in [1.82, 2.24) is 0 Å². The van der Waals surface area contributed by atoms with Gasteiger partial charge in [0, 0.05) is 17.1 Å². The van der Waals surface area contributed by atoms with E-state index in [1.807, 2.05) is 19.1 Å². The van der Waals surface area contributed by atoms with Gasteiger partial charge in [-0.1, -0.05) is 18.2 Å². The third-order valence-electron chi connectivity index (χ3n) is 3.99. The highest BCUT2D eigenvalue weighted by Gasteiger charge is 2.37. The first-order valence-electron chi connectivity index (χ1n) is 7.46. The lowest BCUT2D eigenvalue weighted by atomic mass is 9.88. The Labute approximate surface area is 125 Å². The van der Waals surface area contributed by atoms with Crippen molar-refractivity contribution in [3.8, 4) is 0 Å². The normalized spacial score (nSPS) is 28.9. The lowest BCUT2D eigenvalue weighted by Crippen LogP contribution is -2.17. The second kappa shape index (κ2) is 6.74. The Hall–Kier alpha value is -1.84. The second-order valence-electron chi connectivity index (χ2n) is 5.54. The average Bonchev–Trinajstić information content (AvgIpc) is 2.69. The molecule has 2 aliphatic rings. The molecule has 0 spiro atoms. The summed E-state index contributed by atoms with van der Waals surface area (Å²) in [5.74, 6) is -0.634. The van der Waals surface area contributed by atoms with E-state index in [0.717, 1.165) is 18.4 Å². The lowest BCUT2D eigenvalue weighted by Gasteiger charge is -2.18. The fourth-order valence-corrected chi connectivity index (χ4v) is 2.78. The van der Waals surface area contributed by atoms with E-state index in [1.54, 1.807) is 6.92 Å². The summed E-state index contributed by atoms with van der Waals surface area (Å²) in [5.41, 5.74) is 2.36. The quantitative estimate of drug-likeness (QED) is 0.445. The molecule has 1 heterocycles. The number of carbonyl (C=O) groups excluding carboxylic acids is 2. The standard InChI is InChI=1S/C17H22O4/c1-4-20-17(19)13-7-5-6-11(2)10-15-14(9-8-13)12(3)16(18)21-15/h7,10,14-15H,3-6,8-9H2,1-2H3/b11-10?,13-7+/t14-,15+/m1/s1. The van der Waals surface area contributed by atoms with Gasteiger partial charge in [0.05, 0.1) is 6.61 Å². The van der Waals surface area contributed by atoms with Crippen molar-refractivity contribution < 1.29 is 19.1 Å². The Bertz CT molecular complexity index is 513. The minimum atomic E-state index is -0.324. The smallest absolute Gasteiger partial charge is 0.334 e. The van der Waals surface area contributed by atoms with Crippen LogP contribution < -0.4 is 0 Å². The van der Waals surface area contributed by atoms with Crippen LogP contribution in [0.5, 0.6) is 0 Å². The molecule has 2 atom stereocenters. The summed E-state index contributed by atoms with van der Waals surface area (Å²) in [6.07, 6.45) is 6.62. The number of esters is 2. The van der Waals surface area contributed by atoms with Gasteiger partial charge in [0.25, 0.3) is 0 Å². The molecule has 0 saturated carbocycles. The fraction of sp³-hybridized carbons (Fsp3) is 0.529. The van der Waals surface area contributed by atoms with Crippen molar-refractivity contribution in [3.05, 3.63) is 35.5 Å². The number of fused-ring (bicyclic) bond motifs is 1. The predicted octanol–water partition coefficient (Wildman–Crippen LogP) is 3.09. The van der Waals surface area contributed by atoms with Crippen LogP contribution in [0.4, 0.5) is 0 Å². The first-order chi connectivity index (χ1) is 10.0. The number of hydrogen-bond acceptors (Lipinski definition) is 4. The topological polar surface area (TPSA) is 52.6 Å². The minimum Gasteiger partial charge on any atom is -0.463 e. The number of carbonyl (C=O) groups is 2.